The third-order valence-corrected chi connectivity index (χ3v) is 7.16. The molecular weight excluding hydrogens is 450 g/mol. The number of fused-ring (bicyclic) bond motifs is 1. The van der Waals surface area contributed by atoms with Gasteiger partial charge in [0.1, 0.15) is 16.8 Å². The van der Waals surface area contributed by atoms with Gasteiger partial charge in [0.15, 0.2) is 5.78 Å². The van der Waals surface area contributed by atoms with Crippen LogP contribution in [-0.2, 0) is 16.0 Å². The summed E-state index contributed by atoms with van der Waals surface area (Å²) in [6.07, 6.45) is 3.06. The summed E-state index contributed by atoms with van der Waals surface area (Å²) in [6.45, 7) is 5.32. The van der Waals surface area contributed by atoms with Crippen LogP contribution < -0.4 is 10.1 Å². The molecule has 1 aromatic heterocycles. The Morgan fingerprint density at radius 2 is 2.06 bits per heavy atom. The maximum Gasteiger partial charge on any atom is 0.230 e. The van der Waals surface area contributed by atoms with Gasteiger partial charge in [-0.15, -0.1) is 0 Å². The summed E-state index contributed by atoms with van der Waals surface area (Å²) < 4.78 is 10.8. The lowest BCUT2D eigenvalue weighted by molar-refractivity contribution is -0.119. The predicted molar refractivity (Wildman–Crippen MR) is 130 cm³/mol. The van der Waals surface area contributed by atoms with Crippen molar-refractivity contribution in [3.8, 4) is 22.9 Å². The molecule has 4 rings (SSSR count). The SMILES string of the molecule is COc1ccc(-c2c(C#N)c(SCC(=O)NC[C@H]3CCCO3)nc3c2C(=O)CC(C)(C)C3)cc1. The molecule has 1 fully saturated rings. The number of ether oxygens (including phenoxy) is 2. The first-order chi connectivity index (χ1) is 16.3. The number of amides is 1. The Morgan fingerprint density at radius 3 is 2.71 bits per heavy atom. The highest BCUT2D eigenvalue weighted by Crippen LogP contribution is 2.42. The van der Waals surface area contributed by atoms with Gasteiger partial charge in [0, 0.05) is 30.7 Å². The molecule has 34 heavy (non-hydrogen) atoms. The van der Waals surface area contributed by atoms with E-state index in [4.69, 9.17) is 14.5 Å². The maximum atomic E-state index is 13.2. The molecule has 8 heteroatoms. The highest BCUT2D eigenvalue weighted by atomic mass is 32.2. The predicted octanol–water partition coefficient (Wildman–Crippen LogP) is 4.17. The van der Waals surface area contributed by atoms with E-state index in [0.29, 0.717) is 52.5 Å². The first kappa shape index (κ1) is 24.2. The van der Waals surface area contributed by atoms with Gasteiger partial charge in [0.2, 0.25) is 5.91 Å². The molecule has 1 N–H and O–H groups in total. The van der Waals surface area contributed by atoms with Crippen LogP contribution in [0.2, 0.25) is 0 Å². The standard InChI is InChI=1S/C26H29N3O4S/c1-26(2)11-20-24(21(30)12-26)23(16-6-8-17(32-3)9-7-16)19(13-27)25(29-20)34-15-22(31)28-14-18-5-4-10-33-18/h6-9,18H,4-5,10-12,14-15H2,1-3H3,(H,28,31)/t18-/m1/s1. The van der Waals surface area contributed by atoms with Gasteiger partial charge in [-0.1, -0.05) is 37.7 Å². The van der Waals surface area contributed by atoms with Gasteiger partial charge in [0.25, 0.3) is 0 Å². The van der Waals surface area contributed by atoms with Crippen LogP contribution in [0, 0.1) is 16.7 Å². The van der Waals surface area contributed by atoms with E-state index < -0.39 is 0 Å². The molecule has 0 spiro atoms. The molecule has 2 aliphatic rings. The average Bonchev–Trinajstić information content (AvgIpc) is 3.33. The number of hydrogen-bond donors (Lipinski definition) is 1. The molecule has 1 aliphatic carbocycles. The zero-order chi connectivity index (χ0) is 24.3. The molecule has 178 valence electrons. The number of carbonyl (C=O) groups excluding carboxylic acids is 2. The Hall–Kier alpha value is -2.89. The summed E-state index contributed by atoms with van der Waals surface area (Å²) in [5, 5.41) is 13.5. The number of pyridine rings is 1. The Labute approximate surface area is 204 Å². The first-order valence-electron chi connectivity index (χ1n) is 11.5. The number of benzene rings is 1. The first-order valence-corrected chi connectivity index (χ1v) is 12.5. The number of Topliss-reactive ketones (excluding diaryl/α,β-unsaturated/α-hetero) is 1. The lowest BCUT2D eigenvalue weighted by atomic mass is 9.73. The van der Waals surface area contributed by atoms with Crippen molar-refractivity contribution in [3.63, 3.8) is 0 Å². The van der Waals surface area contributed by atoms with Crippen LogP contribution in [0.5, 0.6) is 5.75 Å². The van der Waals surface area contributed by atoms with Crippen LogP contribution in [0.4, 0.5) is 0 Å². The summed E-state index contributed by atoms with van der Waals surface area (Å²) in [6, 6.07) is 9.59. The van der Waals surface area contributed by atoms with Gasteiger partial charge in [0.05, 0.1) is 30.2 Å². The van der Waals surface area contributed by atoms with Crippen LogP contribution in [0.25, 0.3) is 11.1 Å². The normalized spacial score (nSPS) is 18.8. The smallest absolute Gasteiger partial charge is 0.230 e. The lowest BCUT2D eigenvalue weighted by Crippen LogP contribution is -2.33. The van der Waals surface area contributed by atoms with Crippen molar-refractivity contribution < 1.29 is 19.1 Å². The van der Waals surface area contributed by atoms with Crippen molar-refractivity contribution >= 4 is 23.5 Å². The van der Waals surface area contributed by atoms with Crippen molar-refractivity contribution in [1.82, 2.24) is 10.3 Å². The molecule has 0 saturated carbocycles. The molecule has 0 radical (unpaired) electrons. The Bertz CT molecular complexity index is 1130. The molecule has 1 saturated heterocycles. The van der Waals surface area contributed by atoms with Crippen LogP contribution in [0.1, 0.15) is 54.7 Å². The van der Waals surface area contributed by atoms with Crippen LogP contribution in [-0.4, -0.2) is 48.8 Å². The van der Waals surface area contributed by atoms with E-state index in [9.17, 15) is 14.9 Å². The third-order valence-electron chi connectivity index (χ3n) is 6.18. The van der Waals surface area contributed by atoms with Gasteiger partial charge in [-0.05, 0) is 42.4 Å². The number of rotatable bonds is 7. The second-order valence-electron chi connectivity index (χ2n) is 9.50. The van der Waals surface area contributed by atoms with Crippen molar-refractivity contribution in [2.45, 2.75) is 50.7 Å². The van der Waals surface area contributed by atoms with Gasteiger partial charge < -0.3 is 14.8 Å². The van der Waals surface area contributed by atoms with E-state index in [1.165, 1.54) is 11.8 Å². The Balaban J connectivity index is 1.68. The summed E-state index contributed by atoms with van der Waals surface area (Å²) in [5.74, 6) is 0.681. The van der Waals surface area contributed by atoms with Crippen LogP contribution in [0.15, 0.2) is 29.3 Å². The van der Waals surface area contributed by atoms with Gasteiger partial charge in [-0.2, -0.15) is 5.26 Å². The second kappa shape index (κ2) is 10.2. The molecule has 2 aromatic rings. The minimum atomic E-state index is -0.219. The highest BCUT2D eigenvalue weighted by Gasteiger charge is 2.36. The molecule has 0 bridgehead atoms. The molecule has 1 aromatic carbocycles. The quantitative estimate of drug-likeness (QED) is 0.595. The van der Waals surface area contributed by atoms with E-state index in [-0.39, 0.29) is 29.0 Å². The zero-order valence-electron chi connectivity index (χ0n) is 19.8. The molecule has 7 nitrogen and oxygen atoms in total. The minimum Gasteiger partial charge on any atom is -0.497 e. The molecule has 1 atom stereocenters. The van der Waals surface area contributed by atoms with E-state index in [0.717, 1.165) is 25.0 Å². The number of nitrogens with zero attached hydrogens (tertiary/aromatic N) is 2. The number of methoxy groups -OCH3 is 1. The fourth-order valence-corrected chi connectivity index (χ4v) is 5.39. The van der Waals surface area contributed by atoms with E-state index >= 15 is 0 Å². The van der Waals surface area contributed by atoms with Gasteiger partial charge in [-0.3, -0.25) is 9.59 Å². The van der Waals surface area contributed by atoms with Crippen molar-refractivity contribution in [1.29, 1.82) is 5.26 Å². The molecule has 1 amide bonds. The number of nitriles is 1. The Kier molecular flexibility index (Phi) is 7.24. The monoisotopic (exact) mass is 479 g/mol. The molecule has 1 aliphatic heterocycles. The topological polar surface area (TPSA) is 101 Å². The molecular formula is C26H29N3O4S. The second-order valence-corrected chi connectivity index (χ2v) is 10.5. The highest BCUT2D eigenvalue weighted by molar-refractivity contribution is 8.00. The number of hydrogen-bond acceptors (Lipinski definition) is 7. The molecule has 0 unspecified atom stereocenters. The zero-order valence-corrected chi connectivity index (χ0v) is 20.6. The summed E-state index contributed by atoms with van der Waals surface area (Å²) in [4.78, 5) is 30.4. The number of nitrogens with one attached hydrogen (secondary N) is 1. The summed E-state index contributed by atoms with van der Waals surface area (Å²) in [7, 11) is 1.59. The number of ketones is 1. The van der Waals surface area contributed by atoms with Crippen molar-refractivity contribution in [2.24, 2.45) is 5.41 Å². The Morgan fingerprint density at radius 1 is 1.29 bits per heavy atom. The average molecular weight is 480 g/mol. The van der Waals surface area contributed by atoms with Crippen LogP contribution in [0.3, 0.4) is 0 Å². The number of carbonyl (C=O) groups is 2. The largest absolute Gasteiger partial charge is 0.497 e. The van der Waals surface area contributed by atoms with Crippen molar-refractivity contribution in [2.75, 3.05) is 26.0 Å². The van der Waals surface area contributed by atoms with Gasteiger partial charge >= 0.3 is 0 Å². The fraction of sp³-hybridized carbons (Fsp3) is 0.462. The van der Waals surface area contributed by atoms with E-state index in [2.05, 4.69) is 11.4 Å². The minimum absolute atomic E-state index is 0.00748. The number of aromatic nitrogens is 1. The molecule has 2 heterocycles. The van der Waals surface area contributed by atoms with Crippen molar-refractivity contribution in [3.05, 3.63) is 41.1 Å². The number of thioether (sulfide) groups is 1. The van der Waals surface area contributed by atoms with Gasteiger partial charge in [-0.25, -0.2) is 4.98 Å². The lowest BCUT2D eigenvalue weighted by Gasteiger charge is -2.31. The fourth-order valence-electron chi connectivity index (χ4n) is 4.55. The third kappa shape index (κ3) is 5.26. The van der Waals surface area contributed by atoms with Crippen LogP contribution >= 0.6 is 11.8 Å². The van der Waals surface area contributed by atoms with E-state index in [1.54, 1.807) is 7.11 Å². The van der Waals surface area contributed by atoms with E-state index in [1.807, 2.05) is 38.1 Å². The maximum absolute atomic E-state index is 13.2. The summed E-state index contributed by atoms with van der Waals surface area (Å²) >= 11 is 1.23. The summed E-state index contributed by atoms with van der Waals surface area (Å²) in [5.41, 5.74) is 2.67.